The molecule has 0 fully saturated rings. The van der Waals surface area contributed by atoms with Crippen LogP contribution in [0.5, 0.6) is 5.75 Å². The van der Waals surface area contributed by atoms with Crippen LogP contribution in [-0.4, -0.2) is 9.91 Å². The van der Waals surface area contributed by atoms with Crippen molar-refractivity contribution >= 4 is 38.2 Å². The second kappa shape index (κ2) is 7.66. The number of aromatic nitrogens is 1. The van der Waals surface area contributed by atoms with Gasteiger partial charge < -0.3 is 9.15 Å². The molecule has 3 aromatic carbocycles. The van der Waals surface area contributed by atoms with E-state index in [4.69, 9.17) is 9.15 Å². The van der Waals surface area contributed by atoms with Crippen molar-refractivity contribution < 1.29 is 14.1 Å². The van der Waals surface area contributed by atoms with Gasteiger partial charge in [0.15, 0.2) is 0 Å². The zero-order valence-corrected chi connectivity index (χ0v) is 16.8. The van der Waals surface area contributed by atoms with Gasteiger partial charge in [0.1, 0.15) is 22.9 Å². The van der Waals surface area contributed by atoms with Gasteiger partial charge in [0.05, 0.1) is 20.7 Å². The maximum absolute atomic E-state index is 12.6. The average Bonchev–Trinajstić information content (AvgIpc) is 3.21. The van der Waals surface area contributed by atoms with Crippen LogP contribution in [-0.2, 0) is 6.61 Å². The van der Waals surface area contributed by atoms with E-state index in [-0.39, 0.29) is 12.3 Å². The van der Waals surface area contributed by atoms with Crippen LogP contribution in [0.25, 0.3) is 31.8 Å². The molecule has 0 aliphatic carbocycles. The lowest BCUT2D eigenvalue weighted by molar-refractivity contribution is -0.384. The Balaban J connectivity index is 1.40. The van der Waals surface area contributed by atoms with Gasteiger partial charge in [0.25, 0.3) is 5.69 Å². The van der Waals surface area contributed by atoms with E-state index >= 15 is 0 Å². The van der Waals surface area contributed by atoms with E-state index in [1.54, 1.807) is 30.3 Å². The van der Waals surface area contributed by atoms with E-state index in [0.29, 0.717) is 21.9 Å². The highest BCUT2D eigenvalue weighted by Gasteiger charge is 2.13. The molecular formula is C23H14N2O5S. The Morgan fingerprint density at radius 2 is 1.84 bits per heavy atom. The van der Waals surface area contributed by atoms with Gasteiger partial charge in [-0.25, -0.2) is 9.78 Å². The number of hydrogen-bond acceptors (Lipinski definition) is 7. The van der Waals surface area contributed by atoms with E-state index in [1.807, 2.05) is 30.3 Å². The fraction of sp³-hybridized carbons (Fsp3) is 0.0435. The molecule has 0 saturated carbocycles. The number of nitro benzene ring substituents is 1. The molecule has 0 N–H and O–H groups in total. The number of para-hydroxylation sites is 1. The number of thiazole rings is 1. The second-order valence-electron chi connectivity index (χ2n) is 6.85. The summed E-state index contributed by atoms with van der Waals surface area (Å²) in [6, 6.07) is 20.9. The summed E-state index contributed by atoms with van der Waals surface area (Å²) in [5.74, 6) is 0.529. The fourth-order valence-corrected chi connectivity index (χ4v) is 4.17. The molecule has 0 saturated heterocycles. The zero-order chi connectivity index (χ0) is 21.4. The van der Waals surface area contributed by atoms with E-state index in [9.17, 15) is 14.9 Å². The first-order valence-electron chi connectivity index (χ1n) is 9.37. The minimum absolute atomic E-state index is 0.0279. The van der Waals surface area contributed by atoms with Crippen molar-refractivity contribution in [2.75, 3.05) is 0 Å². The highest BCUT2D eigenvalue weighted by atomic mass is 32.1. The molecular weight excluding hydrogens is 416 g/mol. The summed E-state index contributed by atoms with van der Waals surface area (Å²) in [7, 11) is 0. The van der Waals surface area contributed by atoms with Crippen LogP contribution in [0.4, 0.5) is 5.69 Å². The molecule has 0 amide bonds. The fourth-order valence-electron chi connectivity index (χ4n) is 3.20. The highest BCUT2D eigenvalue weighted by molar-refractivity contribution is 7.21. The molecule has 0 bridgehead atoms. The molecule has 2 aromatic heterocycles. The monoisotopic (exact) mass is 430 g/mol. The number of ether oxygens (including phenoxy) is 1. The normalized spacial score (nSPS) is 11.1. The summed E-state index contributed by atoms with van der Waals surface area (Å²) in [5, 5.41) is 12.1. The van der Waals surface area contributed by atoms with Gasteiger partial charge in [-0.2, -0.15) is 0 Å². The van der Waals surface area contributed by atoms with Gasteiger partial charge >= 0.3 is 5.63 Å². The van der Waals surface area contributed by atoms with E-state index < -0.39 is 10.5 Å². The van der Waals surface area contributed by atoms with Gasteiger partial charge in [-0.05, 0) is 48.0 Å². The van der Waals surface area contributed by atoms with Crippen LogP contribution in [0.3, 0.4) is 0 Å². The van der Waals surface area contributed by atoms with Crippen molar-refractivity contribution in [3.05, 3.63) is 98.9 Å². The van der Waals surface area contributed by atoms with Crippen LogP contribution < -0.4 is 10.4 Å². The number of hydrogen-bond donors (Lipinski definition) is 0. The van der Waals surface area contributed by atoms with Gasteiger partial charge in [-0.1, -0.05) is 12.1 Å². The first-order chi connectivity index (χ1) is 15.1. The molecule has 31 heavy (non-hydrogen) atoms. The summed E-state index contributed by atoms with van der Waals surface area (Å²) < 4.78 is 12.3. The lowest BCUT2D eigenvalue weighted by atomic mass is 10.2. The van der Waals surface area contributed by atoms with Gasteiger partial charge in [0, 0.05) is 23.6 Å². The summed E-state index contributed by atoms with van der Waals surface area (Å²) in [4.78, 5) is 27.4. The van der Waals surface area contributed by atoms with Crippen LogP contribution in [0, 0.1) is 10.1 Å². The van der Waals surface area contributed by atoms with E-state index in [2.05, 4.69) is 4.98 Å². The van der Waals surface area contributed by atoms with Crippen molar-refractivity contribution in [3.8, 4) is 16.3 Å². The Kier molecular flexibility index (Phi) is 4.68. The number of non-ortho nitro benzene ring substituents is 1. The van der Waals surface area contributed by atoms with Crippen LogP contribution in [0.1, 0.15) is 5.56 Å². The number of nitro groups is 1. The topological polar surface area (TPSA) is 95.5 Å². The molecule has 0 radical (unpaired) electrons. The third-order valence-corrected chi connectivity index (χ3v) is 5.85. The molecule has 0 unspecified atom stereocenters. The first-order valence-corrected chi connectivity index (χ1v) is 10.2. The van der Waals surface area contributed by atoms with Crippen LogP contribution in [0.2, 0.25) is 0 Å². The SMILES string of the molecule is O=c1oc2cc(OCc3ccc([N+](=O)[O-])cc3)ccc2cc1-c1nc2ccccc2s1. The third kappa shape index (κ3) is 3.76. The Hall–Kier alpha value is -4.04. The number of nitrogens with zero attached hydrogens (tertiary/aromatic N) is 2. The summed E-state index contributed by atoms with van der Waals surface area (Å²) in [6.07, 6.45) is 0. The van der Waals surface area contributed by atoms with Crippen LogP contribution in [0.15, 0.2) is 82.0 Å². The van der Waals surface area contributed by atoms with Gasteiger partial charge in [-0.3, -0.25) is 10.1 Å². The molecule has 0 atom stereocenters. The van der Waals surface area contributed by atoms with Crippen molar-refractivity contribution in [2.45, 2.75) is 6.61 Å². The van der Waals surface area contributed by atoms with Crippen molar-refractivity contribution in [2.24, 2.45) is 0 Å². The number of benzene rings is 3. The molecule has 7 nitrogen and oxygen atoms in total. The molecule has 8 heteroatoms. The van der Waals surface area contributed by atoms with E-state index in [1.165, 1.54) is 23.5 Å². The minimum atomic E-state index is -0.459. The lowest BCUT2D eigenvalue weighted by Crippen LogP contribution is -2.02. The summed E-state index contributed by atoms with van der Waals surface area (Å²) >= 11 is 1.45. The zero-order valence-electron chi connectivity index (χ0n) is 16.0. The molecule has 0 aliphatic heterocycles. The third-order valence-electron chi connectivity index (χ3n) is 4.78. The standard InChI is InChI=1S/C23H14N2O5S/c26-23-18(22-24-19-3-1-2-4-21(19)31-22)11-15-7-10-17(12-20(15)30-23)29-13-14-5-8-16(9-6-14)25(27)28/h1-12H,13H2. The Morgan fingerprint density at radius 3 is 2.61 bits per heavy atom. The van der Waals surface area contributed by atoms with Crippen molar-refractivity contribution in [1.29, 1.82) is 0 Å². The molecule has 0 aliphatic rings. The molecule has 0 spiro atoms. The van der Waals surface area contributed by atoms with Crippen molar-refractivity contribution in [1.82, 2.24) is 4.98 Å². The van der Waals surface area contributed by atoms with Gasteiger partial charge in [-0.15, -0.1) is 11.3 Å². The Labute approximate surface area is 179 Å². The molecule has 5 rings (SSSR count). The summed E-state index contributed by atoms with van der Waals surface area (Å²) in [5.41, 5.74) is 2.04. The second-order valence-corrected chi connectivity index (χ2v) is 7.88. The Bertz CT molecular complexity index is 1450. The highest BCUT2D eigenvalue weighted by Crippen LogP contribution is 2.30. The quantitative estimate of drug-likeness (QED) is 0.206. The maximum atomic E-state index is 12.6. The van der Waals surface area contributed by atoms with Gasteiger partial charge in [0.2, 0.25) is 0 Å². The largest absolute Gasteiger partial charge is 0.489 e. The van der Waals surface area contributed by atoms with Crippen molar-refractivity contribution in [3.63, 3.8) is 0 Å². The molecule has 5 aromatic rings. The number of rotatable bonds is 5. The average molecular weight is 430 g/mol. The Morgan fingerprint density at radius 1 is 1.03 bits per heavy atom. The predicted octanol–water partition coefficient (Wildman–Crippen LogP) is 5.56. The predicted molar refractivity (Wildman–Crippen MR) is 119 cm³/mol. The molecule has 2 heterocycles. The minimum Gasteiger partial charge on any atom is -0.489 e. The summed E-state index contributed by atoms with van der Waals surface area (Å²) in [6.45, 7) is 0.234. The van der Waals surface area contributed by atoms with Crippen LogP contribution >= 0.6 is 11.3 Å². The smallest absolute Gasteiger partial charge is 0.346 e. The molecule has 152 valence electrons. The van der Waals surface area contributed by atoms with E-state index in [0.717, 1.165) is 21.2 Å². The first kappa shape index (κ1) is 19.0. The lowest BCUT2D eigenvalue weighted by Gasteiger charge is -2.07. The maximum Gasteiger partial charge on any atom is 0.346 e. The number of fused-ring (bicyclic) bond motifs is 2.